The first-order valence-electron chi connectivity index (χ1n) is 14.5. The van der Waals surface area contributed by atoms with Gasteiger partial charge >= 0.3 is 5.97 Å². The second kappa shape index (κ2) is 13.7. The molecule has 1 aliphatic rings. The van der Waals surface area contributed by atoms with E-state index in [9.17, 15) is 9.59 Å². The largest absolute Gasteiger partial charge is 0.493 e. The Balaban J connectivity index is 1.50. The normalized spacial score (nSPS) is 14.4. The molecule has 0 radical (unpaired) electrons. The Hall–Kier alpha value is -5.14. The molecule has 1 atom stereocenters. The standard InChI is InChI=1S/C35H33N3O6S/c1-6-42-34(40)31-22(4)37-35-38(32(31)26-13-16-28(44-21(2)3)29(18-26)41-5)33(39)30(45-35)17-23-11-14-27(15-12-23)43-20-25-9-7-24(19-36)8-10-25/h7-18,21,32H,6,20H2,1-5H3/b30-17+/t32-/m1/s1. The quantitative estimate of drug-likeness (QED) is 0.228. The number of hydrogen-bond donors (Lipinski definition) is 0. The fraction of sp³-hybridized carbons (Fsp3) is 0.257. The monoisotopic (exact) mass is 623 g/mol. The van der Waals surface area contributed by atoms with Crippen molar-refractivity contribution in [2.45, 2.75) is 46.4 Å². The molecule has 0 aliphatic carbocycles. The highest BCUT2D eigenvalue weighted by atomic mass is 32.1. The fourth-order valence-electron chi connectivity index (χ4n) is 4.97. The van der Waals surface area contributed by atoms with E-state index in [2.05, 4.69) is 11.1 Å². The van der Waals surface area contributed by atoms with E-state index in [1.807, 2.05) is 56.3 Å². The first kappa shape index (κ1) is 31.3. The molecule has 0 amide bonds. The number of rotatable bonds is 10. The number of fused-ring (bicyclic) bond motifs is 1. The lowest BCUT2D eigenvalue weighted by molar-refractivity contribution is -0.139. The minimum Gasteiger partial charge on any atom is -0.493 e. The second-order valence-corrected chi connectivity index (χ2v) is 11.6. The molecule has 1 aliphatic heterocycles. The van der Waals surface area contributed by atoms with Crippen molar-refractivity contribution >= 4 is 23.4 Å². The Morgan fingerprint density at radius 1 is 1.09 bits per heavy atom. The Morgan fingerprint density at radius 3 is 2.47 bits per heavy atom. The van der Waals surface area contributed by atoms with Gasteiger partial charge in [0.05, 0.1) is 53.3 Å². The third kappa shape index (κ3) is 6.84. The summed E-state index contributed by atoms with van der Waals surface area (Å²) in [4.78, 5) is 32.4. The molecule has 1 aromatic heterocycles. The molecule has 0 bridgehead atoms. The highest BCUT2D eigenvalue weighted by Crippen LogP contribution is 2.36. The number of allylic oxidation sites excluding steroid dienone is 1. The predicted octanol–water partition coefficient (Wildman–Crippen LogP) is 5.04. The lowest BCUT2D eigenvalue weighted by Gasteiger charge is -2.25. The van der Waals surface area contributed by atoms with Gasteiger partial charge in [-0.2, -0.15) is 5.26 Å². The van der Waals surface area contributed by atoms with Crippen molar-refractivity contribution in [2.24, 2.45) is 4.99 Å². The summed E-state index contributed by atoms with van der Waals surface area (Å²) in [5.74, 6) is 1.19. The van der Waals surface area contributed by atoms with E-state index < -0.39 is 12.0 Å². The van der Waals surface area contributed by atoms with Crippen LogP contribution in [-0.2, 0) is 16.1 Å². The van der Waals surface area contributed by atoms with E-state index in [0.717, 1.165) is 11.1 Å². The number of aromatic nitrogens is 1. The molecule has 45 heavy (non-hydrogen) atoms. The molecule has 5 rings (SSSR count). The number of thiazole rings is 1. The third-order valence-corrected chi connectivity index (χ3v) is 8.03. The van der Waals surface area contributed by atoms with Gasteiger partial charge in [0.1, 0.15) is 12.4 Å². The van der Waals surface area contributed by atoms with E-state index in [1.165, 1.54) is 11.3 Å². The van der Waals surface area contributed by atoms with Gasteiger partial charge in [-0.1, -0.05) is 41.7 Å². The van der Waals surface area contributed by atoms with Crippen LogP contribution >= 0.6 is 11.3 Å². The van der Waals surface area contributed by atoms with E-state index in [4.69, 9.17) is 24.2 Å². The molecule has 3 aromatic carbocycles. The molecule has 9 nitrogen and oxygen atoms in total. The van der Waals surface area contributed by atoms with E-state index in [0.29, 0.717) is 55.6 Å². The molecule has 0 spiro atoms. The highest BCUT2D eigenvalue weighted by Gasteiger charge is 2.34. The Morgan fingerprint density at radius 2 is 1.82 bits per heavy atom. The summed E-state index contributed by atoms with van der Waals surface area (Å²) in [5.41, 5.74) is 3.51. The van der Waals surface area contributed by atoms with Gasteiger partial charge in [0.25, 0.3) is 5.56 Å². The first-order chi connectivity index (χ1) is 21.7. The van der Waals surface area contributed by atoms with E-state index in [1.54, 1.807) is 55.9 Å². The molecule has 0 fully saturated rings. The topological polar surface area (TPSA) is 112 Å². The smallest absolute Gasteiger partial charge is 0.338 e. The summed E-state index contributed by atoms with van der Waals surface area (Å²) in [6, 6.07) is 21.4. The van der Waals surface area contributed by atoms with Crippen LogP contribution in [0.2, 0.25) is 0 Å². The van der Waals surface area contributed by atoms with Gasteiger partial charge in [0, 0.05) is 0 Å². The lowest BCUT2D eigenvalue weighted by atomic mass is 9.95. The van der Waals surface area contributed by atoms with Crippen molar-refractivity contribution in [1.29, 1.82) is 5.26 Å². The number of esters is 1. The van der Waals surface area contributed by atoms with Gasteiger partial charge < -0.3 is 18.9 Å². The Kier molecular flexibility index (Phi) is 9.50. The summed E-state index contributed by atoms with van der Waals surface area (Å²) in [5, 5.41) is 8.98. The van der Waals surface area contributed by atoms with Crippen LogP contribution in [0.4, 0.5) is 0 Å². The molecule has 10 heteroatoms. The van der Waals surface area contributed by atoms with Crippen LogP contribution in [0.15, 0.2) is 87.8 Å². The average molecular weight is 624 g/mol. The van der Waals surface area contributed by atoms with Crippen molar-refractivity contribution in [2.75, 3.05) is 13.7 Å². The third-order valence-electron chi connectivity index (χ3n) is 7.05. The van der Waals surface area contributed by atoms with E-state index in [-0.39, 0.29) is 18.3 Å². The minimum atomic E-state index is -0.776. The summed E-state index contributed by atoms with van der Waals surface area (Å²) in [6.45, 7) is 7.89. The Bertz CT molecular complexity index is 1970. The average Bonchev–Trinajstić information content (AvgIpc) is 3.33. The maximum absolute atomic E-state index is 14.0. The van der Waals surface area contributed by atoms with Gasteiger partial charge in [0.15, 0.2) is 16.3 Å². The number of nitrogens with zero attached hydrogens (tertiary/aromatic N) is 3. The lowest BCUT2D eigenvalue weighted by Crippen LogP contribution is -2.40. The molecule has 4 aromatic rings. The van der Waals surface area contributed by atoms with Crippen LogP contribution in [0.1, 0.15) is 56.0 Å². The molecule has 2 heterocycles. The van der Waals surface area contributed by atoms with Crippen LogP contribution in [-0.4, -0.2) is 30.4 Å². The maximum atomic E-state index is 14.0. The van der Waals surface area contributed by atoms with Crippen molar-refractivity contribution in [3.8, 4) is 23.3 Å². The van der Waals surface area contributed by atoms with Crippen LogP contribution in [0.25, 0.3) is 6.08 Å². The summed E-state index contributed by atoms with van der Waals surface area (Å²) >= 11 is 1.25. The minimum absolute atomic E-state index is 0.0668. The second-order valence-electron chi connectivity index (χ2n) is 10.5. The van der Waals surface area contributed by atoms with Gasteiger partial charge in [0.2, 0.25) is 0 Å². The number of hydrogen-bond acceptors (Lipinski definition) is 9. The highest BCUT2D eigenvalue weighted by molar-refractivity contribution is 7.07. The van der Waals surface area contributed by atoms with Crippen LogP contribution < -0.4 is 29.1 Å². The molecule has 230 valence electrons. The number of benzene rings is 3. The van der Waals surface area contributed by atoms with Crippen LogP contribution in [0.5, 0.6) is 17.2 Å². The zero-order chi connectivity index (χ0) is 32.1. The van der Waals surface area contributed by atoms with Crippen molar-refractivity contribution in [3.05, 3.63) is 120 Å². The first-order valence-corrected chi connectivity index (χ1v) is 15.3. The van der Waals surface area contributed by atoms with Gasteiger partial charge in [-0.05, 0) is 86.9 Å². The molecular weight excluding hydrogens is 590 g/mol. The number of methoxy groups -OCH3 is 1. The number of ether oxygens (including phenoxy) is 4. The number of nitriles is 1. The van der Waals surface area contributed by atoms with Crippen LogP contribution in [0.3, 0.4) is 0 Å². The van der Waals surface area contributed by atoms with E-state index >= 15 is 0 Å². The molecule has 0 N–H and O–H groups in total. The number of carbonyl (C=O) groups excluding carboxylic acids is 1. The predicted molar refractivity (Wildman–Crippen MR) is 171 cm³/mol. The molecule has 0 saturated heterocycles. The number of carbonyl (C=O) groups is 1. The molecular formula is C35H33N3O6S. The van der Waals surface area contributed by atoms with Gasteiger partial charge in [-0.25, -0.2) is 9.79 Å². The summed E-state index contributed by atoms with van der Waals surface area (Å²) in [7, 11) is 1.55. The van der Waals surface area contributed by atoms with Crippen LogP contribution in [0, 0.1) is 11.3 Å². The van der Waals surface area contributed by atoms with Crippen molar-refractivity contribution < 1.29 is 23.7 Å². The molecule has 0 saturated carbocycles. The molecule has 0 unspecified atom stereocenters. The SMILES string of the molecule is CCOC(=O)C1=C(C)N=c2s/c(=C/c3ccc(OCc4ccc(C#N)cc4)cc3)c(=O)n2[C@@H]1c1ccc(OC(C)C)c(OC)c1. The fourth-order valence-corrected chi connectivity index (χ4v) is 6.01. The Labute approximate surface area is 264 Å². The zero-order valence-corrected chi connectivity index (χ0v) is 26.5. The van der Waals surface area contributed by atoms with Crippen molar-refractivity contribution in [3.63, 3.8) is 0 Å². The zero-order valence-electron chi connectivity index (χ0n) is 25.7. The van der Waals surface area contributed by atoms with Gasteiger partial charge in [-0.3, -0.25) is 9.36 Å². The maximum Gasteiger partial charge on any atom is 0.338 e. The van der Waals surface area contributed by atoms with Gasteiger partial charge in [-0.15, -0.1) is 0 Å². The van der Waals surface area contributed by atoms with Crippen molar-refractivity contribution in [1.82, 2.24) is 4.57 Å². The summed E-state index contributed by atoms with van der Waals surface area (Å²) < 4.78 is 24.8. The summed E-state index contributed by atoms with van der Waals surface area (Å²) in [6.07, 6.45) is 1.73.